The van der Waals surface area contributed by atoms with Gasteiger partial charge in [-0.1, -0.05) is 36.3 Å². The molecule has 0 aliphatic carbocycles. The van der Waals surface area contributed by atoms with E-state index in [2.05, 4.69) is 20.3 Å². The topological polar surface area (TPSA) is 77.8 Å². The van der Waals surface area contributed by atoms with E-state index >= 15 is 0 Å². The van der Waals surface area contributed by atoms with Gasteiger partial charge in [0.25, 0.3) is 5.89 Å². The Hall–Kier alpha value is -2.50. The second-order valence-electron chi connectivity index (χ2n) is 3.86. The van der Waals surface area contributed by atoms with Gasteiger partial charge in [0.15, 0.2) is 5.82 Å². The molecular formula is C14H16N4O2. The number of hydrogen-bond donors (Lipinski definition) is 0. The lowest BCUT2D eigenvalue weighted by atomic mass is 10.1. The van der Waals surface area contributed by atoms with E-state index in [-0.39, 0.29) is 0 Å². The molecule has 3 aromatic rings. The van der Waals surface area contributed by atoms with E-state index in [0.717, 1.165) is 11.1 Å². The van der Waals surface area contributed by atoms with Gasteiger partial charge in [0, 0.05) is 18.1 Å². The van der Waals surface area contributed by atoms with Crippen LogP contribution in [0, 0.1) is 13.8 Å². The van der Waals surface area contributed by atoms with Crippen molar-refractivity contribution in [1.29, 1.82) is 0 Å². The van der Waals surface area contributed by atoms with Crippen LogP contribution in [0.25, 0.3) is 22.8 Å². The van der Waals surface area contributed by atoms with Crippen molar-refractivity contribution in [3.63, 3.8) is 0 Å². The van der Waals surface area contributed by atoms with Gasteiger partial charge in [-0.05, 0) is 19.1 Å². The van der Waals surface area contributed by atoms with Crippen molar-refractivity contribution >= 4 is 0 Å². The van der Waals surface area contributed by atoms with Crippen molar-refractivity contribution in [2.75, 3.05) is 0 Å². The Bertz CT molecular complexity index is 611. The lowest BCUT2D eigenvalue weighted by Gasteiger charge is -1.96. The van der Waals surface area contributed by atoms with Crippen molar-refractivity contribution in [3.8, 4) is 22.8 Å². The monoisotopic (exact) mass is 272 g/mol. The molecule has 0 saturated carbocycles. The summed E-state index contributed by atoms with van der Waals surface area (Å²) in [5, 5.41) is 7.61. The molecule has 0 radical (unpaired) electrons. The predicted octanol–water partition coefficient (Wildman–Crippen LogP) is 3.43. The normalized spacial score (nSPS) is 10.0. The number of nitrogens with zero attached hydrogens (tertiary/aromatic N) is 4. The van der Waals surface area contributed by atoms with Gasteiger partial charge in [-0.2, -0.15) is 9.97 Å². The number of aryl methyl sites for hydroxylation is 2. The van der Waals surface area contributed by atoms with Crippen LogP contribution in [0.3, 0.4) is 0 Å². The predicted molar refractivity (Wildman–Crippen MR) is 73.8 cm³/mol. The maximum Gasteiger partial charge on any atom is 0.257 e. The Morgan fingerprint density at radius 2 is 1.45 bits per heavy atom. The zero-order chi connectivity index (χ0) is 14.5. The third-order valence-corrected chi connectivity index (χ3v) is 2.45. The van der Waals surface area contributed by atoms with Crippen LogP contribution in [0.5, 0.6) is 0 Å². The molecule has 104 valence electrons. The third-order valence-electron chi connectivity index (χ3n) is 2.45. The van der Waals surface area contributed by atoms with Gasteiger partial charge in [0.2, 0.25) is 11.7 Å². The maximum absolute atomic E-state index is 5.09. The molecule has 0 fully saturated rings. The van der Waals surface area contributed by atoms with Gasteiger partial charge in [-0.3, -0.25) is 0 Å². The Balaban J connectivity index is 0.000000704. The first-order valence-electron chi connectivity index (χ1n) is 6.44. The van der Waals surface area contributed by atoms with Crippen LogP contribution in [0.15, 0.2) is 33.3 Å². The van der Waals surface area contributed by atoms with E-state index < -0.39 is 0 Å². The lowest BCUT2D eigenvalue weighted by molar-refractivity contribution is 0.394. The van der Waals surface area contributed by atoms with E-state index in [1.807, 2.05) is 38.1 Å². The molecule has 2 aromatic heterocycles. The molecule has 0 N–H and O–H groups in total. The van der Waals surface area contributed by atoms with E-state index in [1.165, 1.54) is 0 Å². The van der Waals surface area contributed by atoms with Gasteiger partial charge >= 0.3 is 0 Å². The highest BCUT2D eigenvalue weighted by Gasteiger charge is 2.08. The maximum atomic E-state index is 5.09. The molecule has 0 amide bonds. The van der Waals surface area contributed by atoms with Gasteiger partial charge in [-0.25, -0.2) is 0 Å². The molecule has 0 aliphatic heterocycles. The molecule has 20 heavy (non-hydrogen) atoms. The number of aromatic nitrogens is 4. The Morgan fingerprint density at radius 1 is 0.800 bits per heavy atom. The molecule has 0 saturated heterocycles. The fourth-order valence-corrected chi connectivity index (χ4v) is 1.59. The summed E-state index contributed by atoms with van der Waals surface area (Å²) >= 11 is 0. The molecule has 1 aromatic carbocycles. The first-order valence-corrected chi connectivity index (χ1v) is 6.44. The van der Waals surface area contributed by atoms with Crippen molar-refractivity contribution in [1.82, 2.24) is 20.3 Å². The van der Waals surface area contributed by atoms with Crippen molar-refractivity contribution in [3.05, 3.63) is 36.0 Å². The molecule has 6 nitrogen and oxygen atoms in total. The lowest BCUT2D eigenvalue weighted by Crippen LogP contribution is -1.82. The molecule has 0 spiro atoms. The number of benzene rings is 1. The zero-order valence-electron chi connectivity index (χ0n) is 11.9. The molecular weight excluding hydrogens is 256 g/mol. The summed E-state index contributed by atoms with van der Waals surface area (Å²) in [7, 11) is 0. The molecule has 3 rings (SSSR count). The Labute approximate surface area is 116 Å². The molecule has 2 heterocycles. The Morgan fingerprint density at radius 3 is 1.95 bits per heavy atom. The van der Waals surface area contributed by atoms with Crippen LogP contribution in [0.1, 0.15) is 25.6 Å². The number of hydrogen-bond acceptors (Lipinski definition) is 6. The summed E-state index contributed by atoms with van der Waals surface area (Å²) in [6, 6.07) is 7.54. The van der Waals surface area contributed by atoms with E-state index in [9.17, 15) is 0 Å². The molecule has 0 atom stereocenters. The minimum atomic E-state index is 0.503. The van der Waals surface area contributed by atoms with Crippen molar-refractivity contribution in [2.45, 2.75) is 27.7 Å². The Kier molecular flexibility index (Phi) is 4.24. The highest BCUT2D eigenvalue weighted by molar-refractivity contribution is 5.61. The minimum absolute atomic E-state index is 0.503. The zero-order valence-corrected chi connectivity index (χ0v) is 11.9. The smallest absolute Gasteiger partial charge is 0.257 e. The summed E-state index contributed by atoms with van der Waals surface area (Å²) in [5.74, 6) is 2.23. The van der Waals surface area contributed by atoms with Crippen LogP contribution >= 0.6 is 0 Å². The summed E-state index contributed by atoms with van der Waals surface area (Å²) in [6.45, 7) is 7.54. The van der Waals surface area contributed by atoms with Crippen LogP contribution in [-0.2, 0) is 0 Å². The molecule has 0 bridgehead atoms. The highest BCUT2D eigenvalue weighted by atomic mass is 16.5. The van der Waals surface area contributed by atoms with Crippen LogP contribution in [0.4, 0.5) is 0 Å². The highest BCUT2D eigenvalue weighted by Crippen LogP contribution is 2.21. The van der Waals surface area contributed by atoms with Gasteiger partial charge in [0.05, 0.1) is 0 Å². The van der Waals surface area contributed by atoms with Crippen LogP contribution in [-0.4, -0.2) is 20.3 Å². The van der Waals surface area contributed by atoms with Crippen LogP contribution < -0.4 is 0 Å². The summed E-state index contributed by atoms with van der Waals surface area (Å²) in [6.07, 6.45) is 0. The van der Waals surface area contributed by atoms with E-state index in [1.54, 1.807) is 13.8 Å². The van der Waals surface area contributed by atoms with Gasteiger partial charge in [0.1, 0.15) is 0 Å². The van der Waals surface area contributed by atoms with Gasteiger partial charge < -0.3 is 9.05 Å². The fourth-order valence-electron chi connectivity index (χ4n) is 1.59. The van der Waals surface area contributed by atoms with E-state index in [4.69, 9.17) is 9.05 Å². The average molecular weight is 272 g/mol. The second-order valence-corrected chi connectivity index (χ2v) is 3.86. The summed E-state index contributed by atoms with van der Waals surface area (Å²) in [5.41, 5.74) is 1.74. The van der Waals surface area contributed by atoms with Gasteiger partial charge in [-0.15, -0.1) is 0 Å². The second kappa shape index (κ2) is 6.10. The SMILES string of the molecule is CC.Cc1noc(-c2ccc(-c3noc(C)n3)cc2)n1. The summed E-state index contributed by atoms with van der Waals surface area (Å²) < 4.78 is 10.0. The molecule has 0 aliphatic rings. The fraction of sp³-hybridized carbons (Fsp3) is 0.286. The summed E-state index contributed by atoms with van der Waals surface area (Å²) in [4.78, 5) is 8.32. The first-order chi connectivity index (χ1) is 9.72. The third kappa shape index (κ3) is 2.90. The standard InChI is InChI=1S/C12H10N4O2.C2H6/c1-7-13-12(18-15-7)10-5-3-9(4-6-10)11-14-8(2)17-16-11;1-2/h3-6H,1-2H3;1-2H3. The largest absolute Gasteiger partial charge is 0.339 e. The number of rotatable bonds is 2. The van der Waals surface area contributed by atoms with Crippen LogP contribution in [0.2, 0.25) is 0 Å². The van der Waals surface area contributed by atoms with E-state index in [0.29, 0.717) is 23.4 Å². The quantitative estimate of drug-likeness (QED) is 0.711. The van der Waals surface area contributed by atoms with Crippen molar-refractivity contribution in [2.24, 2.45) is 0 Å². The first kappa shape index (κ1) is 13.9. The molecule has 6 heteroatoms. The molecule has 0 unspecified atom stereocenters. The average Bonchev–Trinajstić information content (AvgIpc) is 3.10. The van der Waals surface area contributed by atoms with Crippen molar-refractivity contribution < 1.29 is 9.05 Å². The minimum Gasteiger partial charge on any atom is -0.339 e.